The molecule has 0 spiro atoms. The van der Waals surface area contributed by atoms with Crippen molar-refractivity contribution in [3.05, 3.63) is 89.5 Å². The minimum Gasteiger partial charge on any atom is -0.435 e. The molecular formula is C22H16F2N2O2S. The Morgan fingerprint density at radius 3 is 2.38 bits per heavy atom. The van der Waals surface area contributed by atoms with Gasteiger partial charge in [-0.2, -0.15) is 14.0 Å². The molecule has 0 radical (unpaired) electrons. The molecule has 146 valence electrons. The molecule has 3 rings (SSSR count). The summed E-state index contributed by atoms with van der Waals surface area (Å²) in [7, 11) is 0. The van der Waals surface area contributed by atoms with Crippen molar-refractivity contribution in [2.75, 3.05) is 5.32 Å². The standard InChI is InChI=1S/C22H16F2N2O2S/c23-22(24)28-18-11-9-17(10-12-18)26-21(27)19-3-1-2-4-20(19)29-14-16-7-5-15(13-25)6-8-16/h1-12,22H,14H2,(H,26,27). The number of alkyl halides is 2. The topological polar surface area (TPSA) is 62.1 Å². The van der Waals surface area contributed by atoms with E-state index in [1.165, 1.54) is 36.0 Å². The van der Waals surface area contributed by atoms with Gasteiger partial charge in [0.15, 0.2) is 0 Å². The summed E-state index contributed by atoms with van der Waals surface area (Å²) in [5.74, 6) is 0.377. The third-order valence-corrected chi connectivity index (χ3v) is 5.09. The molecule has 0 aliphatic rings. The fourth-order valence-electron chi connectivity index (χ4n) is 2.53. The minimum absolute atomic E-state index is 0.0244. The number of carbonyl (C=O) groups is 1. The summed E-state index contributed by atoms with van der Waals surface area (Å²) in [4.78, 5) is 13.5. The number of benzene rings is 3. The zero-order chi connectivity index (χ0) is 20.6. The van der Waals surface area contributed by atoms with Crippen molar-refractivity contribution in [2.45, 2.75) is 17.3 Å². The molecule has 29 heavy (non-hydrogen) atoms. The van der Waals surface area contributed by atoms with E-state index in [-0.39, 0.29) is 11.7 Å². The highest BCUT2D eigenvalue weighted by Gasteiger charge is 2.12. The zero-order valence-corrected chi connectivity index (χ0v) is 16.0. The number of hydrogen-bond donors (Lipinski definition) is 1. The number of ether oxygens (including phenoxy) is 1. The number of halogens is 2. The van der Waals surface area contributed by atoms with Gasteiger partial charge >= 0.3 is 6.61 Å². The fraction of sp³-hybridized carbons (Fsp3) is 0.0909. The molecule has 0 heterocycles. The van der Waals surface area contributed by atoms with E-state index in [1.807, 2.05) is 24.3 Å². The van der Waals surface area contributed by atoms with Crippen molar-refractivity contribution >= 4 is 23.4 Å². The first-order valence-corrected chi connectivity index (χ1v) is 9.61. The maximum absolute atomic E-state index is 12.7. The molecule has 0 unspecified atom stereocenters. The Morgan fingerprint density at radius 1 is 1.03 bits per heavy atom. The van der Waals surface area contributed by atoms with Gasteiger partial charge in [-0.15, -0.1) is 11.8 Å². The van der Waals surface area contributed by atoms with E-state index < -0.39 is 6.61 Å². The Balaban J connectivity index is 1.67. The van der Waals surface area contributed by atoms with Gasteiger partial charge < -0.3 is 10.1 Å². The molecule has 0 aliphatic carbocycles. The van der Waals surface area contributed by atoms with Crippen LogP contribution < -0.4 is 10.1 Å². The number of anilines is 1. The van der Waals surface area contributed by atoms with Gasteiger partial charge in [0.1, 0.15) is 5.75 Å². The van der Waals surface area contributed by atoms with Crippen LogP contribution in [-0.2, 0) is 5.75 Å². The van der Waals surface area contributed by atoms with Gasteiger partial charge in [0.2, 0.25) is 0 Å². The highest BCUT2D eigenvalue weighted by molar-refractivity contribution is 7.98. The molecule has 0 aromatic heterocycles. The van der Waals surface area contributed by atoms with E-state index >= 15 is 0 Å². The number of carbonyl (C=O) groups excluding carboxylic acids is 1. The molecule has 7 heteroatoms. The predicted octanol–water partition coefficient (Wildman–Crippen LogP) is 5.70. The Morgan fingerprint density at radius 2 is 1.72 bits per heavy atom. The molecule has 0 fully saturated rings. The molecule has 0 saturated heterocycles. The van der Waals surface area contributed by atoms with Crippen LogP contribution in [0.3, 0.4) is 0 Å². The van der Waals surface area contributed by atoms with E-state index in [0.29, 0.717) is 22.6 Å². The van der Waals surface area contributed by atoms with Gasteiger partial charge in [-0.25, -0.2) is 0 Å². The summed E-state index contributed by atoms with van der Waals surface area (Å²) >= 11 is 1.51. The smallest absolute Gasteiger partial charge is 0.387 e. The number of nitrogens with zero attached hydrogens (tertiary/aromatic N) is 1. The average molecular weight is 410 g/mol. The van der Waals surface area contributed by atoms with Crippen LogP contribution in [0.2, 0.25) is 0 Å². The normalized spacial score (nSPS) is 10.4. The lowest BCUT2D eigenvalue weighted by atomic mass is 10.2. The molecule has 4 nitrogen and oxygen atoms in total. The van der Waals surface area contributed by atoms with Crippen LogP contribution in [0.4, 0.5) is 14.5 Å². The molecule has 0 saturated carbocycles. The molecule has 0 aliphatic heterocycles. The van der Waals surface area contributed by atoms with Gasteiger partial charge in [-0.05, 0) is 54.1 Å². The summed E-state index contributed by atoms with van der Waals surface area (Å²) in [5.41, 5.74) is 2.63. The molecule has 0 atom stereocenters. The Bertz CT molecular complexity index is 1020. The van der Waals surface area contributed by atoms with Crippen LogP contribution >= 0.6 is 11.8 Å². The van der Waals surface area contributed by atoms with Crippen LogP contribution in [0.1, 0.15) is 21.5 Å². The third kappa shape index (κ3) is 5.80. The number of nitriles is 1. The largest absolute Gasteiger partial charge is 0.435 e. The van der Waals surface area contributed by atoms with Gasteiger partial charge in [-0.3, -0.25) is 4.79 Å². The highest BCUT2D eigenvalue weighted by Crippen LogP contribution is 2.27. The number of hydrogen-bond acceptors (Lipinski definition) is 4. The minimum atomic E-state index is -2.89. The first kappa shape index (κ1) is 20.4. The lowest BCUT2D eigenvalue weighted by Gasteiger charge is -2.11. The van der Waals surface area contributed by atoms with Crippen molar-refractivity contribution < 1.29 is 18.3 Å². The Hall–Kier alpha value is -3.37. The molecular weight excluding hydrogens is 394 g/mol. The second-order valence-electron chi connectivity index (χ2n) is 5.95. The first-order chi connectivity index (χ1) is 14.0. The van der Waals surface area contributed by atoms with Gasteiger partial charge in [0.05, 0.1) is 17.2 Å². The number of nitrogens with one attached hydrogen (secondary N) is 1. The molecule has 3 aromatic rings. The molecule has 1 amide bonds. The molecule has 3 aromatic carbocycles. The SMILES string of the molecule is N#Cc1ccc(CSc2ccccc2C(=O)Nc2ccc(OC(F)F)cc2)cc1. The zero-order valence-electron chi connectivity index (χ0n) is 15.1. The van der Waals surface area contributed by atoms with E-state index in [2.05, 4.69) is 16.1 Å². The summed E-state index contributed by atoms with van der Waals surface area (Å²) in [6.07, 6.45) is 0. The first-order valence-electron chi connectivity index (χ1n) is 8.62. The average Bonchev–Trinajstić information content (AvgIpc) is 2.74. The van der Waals surface area contributed by atoms with E-state index in [9.17, 15) is 13.6 Å². The lowest BCUT2D eigenvalue weighted by molar-refractivity contribution is -0.0498. The van der Waals surface area contributed by atoms with Crippen LogP contribution in [-0.4, -0.2) is 12.5 Å². The monoisotopic (exact) mass is 410 g/mol. The quantitative estimate of drug-likeness (QED) is 0.507. The van der Waals surface area contributed by atoms with E-state index in [1.54, 1.807) is 24.3 Å². The van der Waals surface area contributed by atoms with Crippen molar-refractivity contribution in [2.24, 2.45) is 0 Å². The highest BCUT2D eigenvalue weighted by atomic mass is 32.2. The number of rotatable bonds is 7. The fourth-order valence-corrected chi connectivity index (χ4v) is 3.54. The van der Waals surface area contributed by atoms with Crippen molar-refractivity contribution in [1.29, 1.82) is 5.26 Å². The molecule has 1 N–H and O–H groups in total. The predicted molar refractivity (Wildman–Crippen MR) is 108 cm³/mol. The summed E-state index contributed by atoms with van der Waals surface area (Å²) < 4.78 is 28.7. The van der Waals surface area contributed by atoms with E-state index in [4.69, 9.17) is 5.26 Å². The van der Waals surface area contributed by atoms with Crippen LogP contribution in [0.25, 0.3) is 0 Å². The third-order valence-electron chi connectivity index (χ3n) is 3.95. The Kier molecular flexibility index (Phi) is 6.82. The maximum Gasteiger partial charge on any atom is 0.387 e. The van der Waals surface area contributed by atoms with Crippen LogP contribution in [0.15, 0.2) is 77.7 Å². The van der Waals surface area contributed by atoms with Gasteiger partial charge in [0.25, 0.3) is 5.91 Å². The summed E-state index contributed by atoms with van der Waals surface area (Å²) in [6.45, 7) is -2.89. The number of amides is 1. The maximum atomic E-state index is 12.7. The van der Waals surface area contributed by atoms with Crippen LogP contribution in [0.5, 0.6) is 5.75 Å². The van der Waals surface area contributed by atoms with Crippen LogP contribution in [0, 0.1) is 11.3 Å². The molecule has 0 bridgehead atoms. The van der Waals surface area contributed by atoms with Crippen molar-refractivity contribution in [3.63, 3.8) is 0 Å². The second kappa shape index (κ2) is 9.71. The second-order valence-corrected chi connectivity index (χ2v) is 6.97. The van der Waals surface area contributed by atoms with Crippen molar-refractivity contribution in [3.8, 4) is 11.8 Å². The van der Waals surface area contributed by atoms with E-state index in [0.717, 1.165) is 10.5 Å². The summed E-state index contributed by atoms with van der Waals surface area (Å²) in [6, 6.07) is 22.3. The van der Waals surface area contributed by atoms with Crippen molar-refractivity contribution in [1.82, 2.24) is 0 Å². The lowest BCUT2D eigenvalue weighted by Crippen LogP contribution is -2.13. The van der Waals surface area contributed by atoms with Gasteiger partial charge in [0, 0.05) is 16.3 Å². The van der Waals surface area contributed by atoms with Gasteiger partial charge in [-0.1, -0.05) is 24.3 Å². The Labute approximate surface area is 171 Å². The number of thioether (sulfide) groups is 1. The summed E-state index contributed by atoms with van der Waals surface area (Å²) in [5, 5.41) is 11.6.